The minimum Gasteiger partial charge on any atom is -0.508 e. The Morgan fingerprint density at radius 2 is 1.77 bits per heavy atom. The molecule has 1 aromatic carbocycles. The van der Waals surface area contributed by atoms with Gasteiger partial charge in [-0.1, -0.05) is 0 Å². The minimum atomic E-state index is -3.24. The number of aromatic hydroxyl groups is 1. The molecule has 0 atom stereocenters. The maximum absolute atomic E-state index is 11.2. The minimum absolute atomic E-state index is 0.0282. The number of rotatable bonds is 1. The van der Waals surface area contributed by atoms with Crippen LogP contribution in [-0.4, -0.2) is 19.8 Å². The zero-order valence-corrected chi connectivity index (χ0v) is 8.64. The van der Waals surface area contributed by atoms with Gasteiger partial charge in [-0.05, 0) is 31.5 Å². The van der Waals surface area contributed by atoms with Crippen molar-refractivity contribution in [3.05, 3.63) is 23.3 Å². The van der Waals surface area contributed by atoms with E-state index in [1.54, 1.807) is 26.0 Å². The third-order valence-corrected chi connectivity index (χ3v) is 3.10. The second-order valence-electron chi connectivity index (χ2n) is 3.18. The number of hydrogen-bond donors (Lipinski definition) is 1. The predicted molar refractivity (Wildman–Crippen MR) is 50.7 cm³/mol. The molecular weight excluding hydrogens is 188 g/mol. The van der Waals surface area contributed by atoms with Gasteiger partial charge in [0.25, 0.3) is 0 Å². The Labute approximate surface area is 77.9 Å². The molecule has 0 saturated carbocycles. The molecule has 1 aromatic rings. The van der Waals surface area contributed by atoms with E-state index in [0.717, 1.165) is 11.8 Å². The zero-order chi connectivity index (χ0) is 10.2. The monoisotopic (exact) mass is 200 g/mol. The van der Waals surface area contributed by atoms with Gasteiger partial charge in [-0.3, -0.25) is 0 Å². The van der Waals surface area contributed by atoms with Crippen LogP contribution in [0.5, 0.6) is 5.75 Å². The summed E-state index contributed by atoms with van der Waals surface area (Å²) in [5, 5.41) is 9.38. The van der Waals surface area contributed by atoms with Gasteiger partial charge in [0, 0.05) is 11.8 Å². The topological polar surface area (TPSA) is 54.4 Å². The van der Waals surface area contributed by atoms with Gasteiger partial charge >= 0.3 is 0 Å². The molecule has 0 amide bonds. The van der Waals surface area contributed by atoms with Gasteiger partial charge in [0.2, 0.25) is 0 Å². The van der Waals surface area contributed by atoms with Crippen molar-refractivity contribution < 1.29 is 13.5 Å². The van der Waals surface area contributed by atoms with E-state index in [1.165, 1.54) is 0 Å². The summed E-state index contributed by atoms with van der Waals surface area (Å²) in [6.45, 7) is 3.33. The Hall–Kier alpha value is -1.03. The maximum atomic E-state index is 11.2. The van der Waals surface area contributed by atoms with Crippen LogP contribution in [0.1, 0.15) is 11.1 Å². The first-order valence-electron chi connectivity index (χ1n) is 3.82. The molecule has 0 fully saturated rings. The van der Waals surface area contributed by atoms with Gasteiger partial charge in [-0.15, -0.1) is 0 Å². The molecule has 0 aliphatic carbocycles. The summed E-state index contributed by atoms with van der Waals surface area (Å²) in [4.78, 5) is 0.199. The van der Waals surface area contributed by atoms with Crippen LogP contribution in [0.2, 0.25) is 0 Å². The molecule has 0 saturated heterocycles. The van der Waals surface area contributed by atoms with Crippen LogP contribution in [0.15, 0.2) is 17.0 Å². The highest BCUT2D eigenvalue weighted by Crippen LogP contribution is 2.25. The average Bonchev–Trinajstić information content (AvgIpc) is 1.94. The highest BCUT2D eigenvalue weighted by molar-refractivity contribution is 7.90. The van der Waals surface area contributed by atoms with Crippen molar-refractivity contribution in [2.45, 2.75) is 18.7 Å². The van der Waals surface area contributed by atoms with E-state index in [4.69, 9.17) is 0 Å². The lowest BCUT2D eigenvalue weighted by Gasteiger charge is -2.06. The van der Waals surface area contributed by atoms with Gasteiger partial charge in [-0.25, -0.2) is 8.42 Å². The lowest BCUT2D eigenvalue weighted by molar-refractivity contribution is 0.468. The standard InChI is InChI=1S/C9H12O3S/c1-6-4-8(10)7(2)9(5-6)13(3,11)12/h4-5,10H,1-3H3. The molecule has 0 heterocycles. The number of phenolic OH excluding ortho intramolecular Hbond substituents is 1. The smallest absolute Gasteiger partial charge is 0.175 e. The summed E-state index contributed by atoms with van der Waals surface area (Å²) in [5.74, 6) is 0.0282. The van der Waals surface area contributed by atoms with Crippen LogP contribution in [0.25, 0.3) is 0 Å². The van der Waals surface area contributed by atoms with Gasteiger partial charge in [0.15, 0.2) is 9.84 Å². The van der Waals surface area contributed by atoms with E-state index in [9.17, 15) is 13.5 Å². The highest BCUT2D eigenvalue weighted by atomic mass is 32.2. The fourth-order valence-electron chi connectivity index (χ4n) is 1.19. The summed E-state index contributed by atoms with van der Waals surface area (Å²) >= 11 is 0. The van der Waals surface area contributed by atoms with Gasteiger partial charge in [-0.2, -0.15) is 0 Å². The number of phenols is 1. The van der Waals surface area contributed by atoms with Crippen LogP contribution in [0, 0.1) is 13.8 Å². The number of sulfone groups is 1. The first-order valence-corrected chi connectivity index (χ1v) is 5.72. The fourth-order valence-corrected chi connectivity index (χ4v) is 2.25. The molecule has 1 N–H and O–H groups in total. The average molecular weight is 200 g/mol. The highest BCUT2D eigenvalue weighted by Gasteiger charge is 2.13. The predicted octanol–water partition coefficient (Wildman–Crippen LogP) is 1.41. The molecular formula is C9H12O3S. The largest absolute Gasteiger partial charge is 0.508 e. The molecule has 0 spiro atoms. The molecule has 0 radical (unpaired) electrons. The molecule has 1 rings (SSSR count). The molecule has 0 bridgehead atoms. The lowest BCUT2D eigenvalue weighted by Crippen LogP contribution is -2.00. The van der Waals surface area contributed by atoms with Crippen LogP contribution < -0.4 is 0 Å². The normalized spacial score (nSPS) is 11.6. The van der Waals surface area contributed by atoms with Crippen molar-refractivity contribution >= 4 is 9.84 Å². The van der Waals surface area contributed by atoms with E-state index >= 15 is 0 Å². The van der Waals surface area contributed by atoms with E-state index in [1.807, 2.05) is 0 Å². The quantitative estimate of drug-likeness (QED) is 0.745. The number of hydrogen-bond acceptors (Lipinski definition) is 3. The van der Waals surface area contributed by atoms with Crippen LogP contribution in [0.4, 0.5) is 0 Å². The van der Waals surface area contributed by atoms with E-state index in [-0.39, 0.29) is 10.6 Å². The van der Waals surface area contributed by atoms with Gasteiger partial charge in [0.1, 0.15) is 5.75 Å². The van der Waals surface area contributed by atoms with Crippen LogP contribution in [0.3, 0.4) is 0 Å². The Kier molecular flexibility index (Phi) is 2.34. The first kappa shape index (κ1) is 10.1. The molecule has 0 aliphatic heterocycles. The van der Waals surface area contributed by atoms with Gasteiger partial charge < -0.3 is 5.11 Å². The third kappa shape index (κ3) is 2.01. The van der Waals surface area contributed by atoms with Crippen LogP contribution >= 0.6 is 0 Å². The molecule has 72 valence electrons. The Balaban J connectivity index is 3.56. The van der Waals surface area contributed by atoms with Crippen LogP contribution in [-0.2, 0) is 9.84 Å². The van der Waals surface area contributed by atoms with Gasteiger partial charge in [0.05, 0.1) is 4.90 Å². The van der Waals surface area contributed by atoms with Crippen molar-refractivity contribution in [2.24, 2.45) is 0 Å². The second kappa shape index (κ2) is 3.03. The molecule has 3 nitrogen and oxygen atoms in total. The van der Waals surface area contributed by atoms with Crippen molar-refractivity contribution in [1.82, 2.24) is 0 Å². The Bertz CT molecular complexity index is 432. The summed E-state index contributed by atoms with van der Waals surface area (Å²) in [6, 6.07) is 3.11. The van der Waals surface area contributed by atoms with E-state index in [0.29, 0.717) is 5.56 Å². The van der Waals surface area contributed by atoms with Crippen molar-refractivity contribution in [2.75, 3.05) is 6.26 Å². The Morgan fingerprint density at radius 3 is 2.23 bits per heavy atom. The summed E-state index contributed by atoms with van der Waals surface area (Å²) < 4.78 is 22.5. The fraction of sp³-hybridized carbons (Fsp3) is 0.333. The summed E-state index contributed by atoms with van der Waals surface area (Å²) in [5.41, 5.74) is 1.15. The number of benzene rings is 1. The molecule has 13 heavy (non-hydrogen) atoms. The molecule has 0 unspecified atom stereocenters. The second-order valence-corrected chi connectivity index (χ2v) is 5.16. The molecule has 0 aliphatic rings. The SMILES string of the molecule is Cc1cc(O)c(C)c(S(C)(=O)=O)c1. The zero-order valence-electron chi connectivity index (χ0n) is 7.83. The third-order valence-electron chi connectivity index (χ3n) is 1.88. The summed E-state index contributed by atoms with van der Waals surface area (Å²) in [7, 11) is -3.24. The van der Waals surface area contributed by atoms with Crippen molar-refractivity contribution in [3.63, 3.8) is 0 Å². The van der Waals surface area contributed by atoms with E-state index in [2.05, 4.69) is 0 Å². The Morgan fingerprint density at radius 1 is 1.23 bits per heavy atom. The van der Waals surface area contributed by atoms with E-state index < -0.39 is 9.84 Å². The lowest BCUT2D eigenvalue weighted by atomic mass is 10.1. The molecule has 4 heteroatoms. The first-order chi connectivity index (χ1) is 5.82. The molecule has 0 aromatic heterocycles. The van der Waals surface area contributed by atoms with Crippen molar-refractivity contribution in [1.29, 1.82) is 0 Å². The van der Waals surface area contributed by atoms with Crippen molar-refractivity contribution in [3.8, 4) is 5.75 Å². The number of aryl methyl sites for hydroxylation is 1. The maximum Gasteiger partial charge on any atom is 0.175 e. The summed E-state index contributed by atoms with van der Waals surface area (Å²) in [6.07, 6.45) is 1.13.